The standard InChI is InChI=1S/C21H30O2.C11H16O2/c1-5-6-7-10-17-14-19(22)18-11-13-21(4,23-20(18)15-17)12-8-9-16(2)3;1-2-3-4-5-9-6-10(12)8-11(13)7-9/h9,11,13-15,22H,5-8,10,12H2,1-4H3;6-8,12-13H,2-5H2,1H3. The lowest BCUT2D eigenvalue weighted by molar-refractivity contribution is 0.128. The number of allylic oxidation sites excluding steroid dienone is 2. The van der Waals surface area contributed by atoms with E-state index < -0.39 is 0 Å². The van der Waals surface area contributed by atoms with Gasteiger partial charge in [0.05, 0.1) is 5.56 Å². The van der Waals surface area contributed by atoms with E-state index in [2.05, 4.69) is 52.8 Å². The van der Waals surface area contributed by atoms with Gasteiger partial charge in [-0.2, -0.15) is 0 Å². The van der Waals surface area contributed by atoms with Gasteiger partial charge in [0.1, 0.15) is 28.6 Å². The zero-order valence-corrected chi connectivity index (χ0v) is 22.9. The molecular formula is C32H46O4. The van der Waals surface area contributed by atoms with Crippen LogP contribution >= 0.6 is 0 Å². The minimum absolute atomic E-state index is 0.145. The maximum absolute atomic E-state index is 10.3. The quantitative estimate of drug-likeness (QED) is 0.215. The molecule has 0 fully saturated rings. The normalized spacial score (nSPS) is 15.9. The van der Waals surface area contributed by atoms with E-state index in [1.165, 1.54) is 37.3 Å². The molecule has 0 spiro atoms. The van der Waals surface area contributed by atoms with Crippen molar-refractivity contribution in [2.24, 2.45) is 0 Å². The van der Waals surface area contributed by atoms with Gasteiger partial charge in [-0.05, 0) is 107 Å². The first-order valence-electron chi connectivity index (χ1n) is 13.5. The summed E-state index contributed by atoms with van der Waals surface area (Å²) >= 11 is 0. The number of hydrogen-bond donors (Lipinski definition) is 3. The molecule has 1 aliphatic rings. The second-order valence-corrected chi connectivity index (χ2v) is 10.4. The number of rotatable bonds is 11. The molecule has 1 unspecified atom stereocenters. The Balaban J connectivity index is 0.000000297. The summed E-state index contributed by atoms with van der Waals surface area (Å²) in [5, 5.41) is 28.7. The fraction of sp³-hybridized carbons (Fsp3) is 0.500. The predicted molar refractivity (Wildman–Crippen MR) is 151 cm³/mol. The molecule has 1 atom stereocenters. The van der Waals surface area contributed by atoms with Crippen LogP contribution in [0.3, 0.4) is 0 Å². The average molecular weight is 495 g/mol. The van der Waals surface area contributed by atoms with Crippen LogP contribution in [0.4, 0.5) is 0 Å². The van der Waals surface area contributed by atoms with Gasteiger partial charge in [0.15, 0.2) is 0 Å². The number of benzene rings is 2. The minimum atomic E-state index is -0.298. The Morgan fingerprint density at radius 3 is 1.97 bits per heavy atom. The van der Waals surface area contributed by atoms with Gasteiger partial charge in [-0.3, -0.25) is 0 Å². The summed E-state index contributed by atoms with van der Waals surface area (Å²) in [5.74, 6) is 1.44. The van der Waals surface area contributed by atoms with Crippen molar-refractivity contribution in [1.29, 1.82) is 0 Å². The molecule has 2 aromatic rings. The van der Waals surface area contributed by atoms with Gasteiger partial charge >= 0.3 is 0 Å². The van der Waals surface area contributed by atoms with Gasteiger partial charge in [0.25, 0.3) is 0 Å². The summed E-state index contributed by atoms with van der Waals surface area (Å²) in [6, 6.07) is 8.75. The largest absolute Gasteiger partial charge is 0.508 e. The molecule has 0 radical (unpaired) electrons. The van der Waals surface area contributed by atoms with Crippen LogP contribution in [-0.4, -0.2) is 20.9 Å². The minimum Gasteiger partial charge on any atom is -0.508 e. The van der Waals surface area contributed by atoms with Crippen molar-refractivity contribution in [3.8, 4) is 23.0 Å². The molecule has 0 saturated carbocycles. The van der Waals surface area contributed by atoms with Gasteiger partial charge in [0.2, 0.25) is 0 Å². The average Bonchev–Trinajstić information content (AvgIpc) is 2.78. The van der Waals surface area contributed by atoms with Gasteiger partial charge in [-0.15, -0.1) is 0 Å². The third-order valence-corrected chi connectivity index (χ3v) is 6.42. The number of fused-ring (bicyclic) bond motifs is 1. The van der Waals surface area contributed by atoms with Crippen molar-refractivity contribution in [3.05, 3.63) is 64.7 Å². The molecule has 0 bridgehead atoms. The van der Waals surface area contributed by atoms with Gasteiger partial charge in [-0.25, -0.2) is 0 Å². The van der Waals surface area contributed by atoms with Crippen LogP contribution in [0.1, 0.15) is 103 Å². The molecular weight excluding hydrogens is 448 g/mol. The van der Waals surface area contributed by atoms with Crippen molar-refractivity contribution < 1.29 is 20.1 Å². The summed E-state index contributed by atoms with van der Waals surface area (Å²) in [7, 11) is 0. The molecule has 3 rings (SSSR count). The Labute approximate surface area is 218 Å². The summed E-state index contributed by atoms with van der Waals surface area (Å²) in [5.41, 5.74) is 4.02. The van der Waals surface area contributed by atoms with Gasteiger partial charge < -0.3 is 20.1 Å². The first kappa shape index (κ1) is 29.4. The lowest BCUT2D eigenvalue weighted by Gasteiger charge is -2.32. The number of hydrogen-bond acceptors (Lipinski definition) is 4. The zero-order chi connectivity index (χ0) is 26.6. The Morgan fingerprint density at radius 2 is 1.42 bits per heavy atom. The Kier molecular flexibility index (Phi) is 11.9. The third-order valence-electron chi connectivity index (χ3n) is 6.42. The first-order valence-corrected chi connectivity index (χ1v) is 13.5. The molecule has 3 N–H and O–H groups in total. The van der Waals surface area contributed by atoms with Crippen molar-refractivity contribution in [3.63, 3.8) is 0 Å². The molecule has 0 saturated heterocycles. The van der Waals surface area contributed by atoms with E-state index in [-0.39, 0.29) is 17.1 Å². The van der Waals surface area contributed by atoms with Crippen LogP contribution in [0.25, 0.3) is 6.08 Å². The molecule has 0 aromatic heterocycles. The van der Waals surface area contributed by atoms with E-state index in [1.54, 1.807) is 12.1 Å². The van der Waals surface area contributed by atoms with E-state index in [0.717, 1.165) is 61.0 Å². The predicted octanol–water partition coefficient (Wildman–Crippen LogP) is 8.87. The lowest BCUT2D eigenvalue weighted by atomic mass is 9.93. The number of aryl methyl sites for hydroxylation is 2. The number of phenols is 3. The molecule has 4 heteroatoms. The van der Waals surface area contributed by atoms with Crippen LogP contribution in [0, 0.1) is 0 Å². The van der Waals surface area contributed by atoms with E-state index in [4.69, 9.17) is 4.74 Å². The fourth-order valence-corrected chi connectivity index (χ4v) is 4.35. The van der Waals surface area contributed by atoms with Crippen molar-refractivity contribution in [1.82, 2.24) is 0 Å². The maximum Gasteiger partial charge on any atom is 0.131 e. The van der Waals surface area contributed by atoms with Gasteiger partial charge in [0, 0.05) is 6.07 Å². The molecule has 0 amide bonds. The van der Waals surface area contributed by atoms with E-state index >= 15 is 0 Å². The molecule has 4 nitrogen and oxygen atoms in total. The summed E-state index contributed by atoms with van der Waals surface area (Å²) in [6.45, 7) is 10.7. The van der Waals surface area contributed by atoms with Crippen LogP contribution in [-0.2, 0) is 12.8 Å². The van der Waals surface area contributed by atoms with E-state index in [1.807, 2.05) is 12.1 Å². The second kappa shape index (κ2) is 14.6. The first-order chi connectivity index (χ1) is 17.2. The molecule has 1 aliphatic heterocycles. The summed E-state index contributed by atoms with van der Waals surface area (Å²) in [4.78, 5) is 0. The number of aromatic hydroxyl groups is 3. The number of unbranched alkanes of at least 4 members (excludes halogenated alkanes) is 4. The number of ether oxygens (including phenoxy) is 1. The Morgan fingerprint density at radius 1 is 0.833 bits per heavy atom. The number of phenolic OH excluding ortho intramolecular Hbond substituents is 3. The van der Waals surface area contributed by atoms with Crippen molar-refractivity contribution >= 4 is 6.08 Å². The molecule has 2 aromatic carbocycles. The highest BCUT2D eigenvalue weighted by atomic mass is 16.5. The molecule has 36 heavy (non-hydrogen) atoms. The summed E-state index contributed by atoms with van der Waals surface area (Å²) in [6.07, 6.45) is 17.3. The van der Waals surface area contributed by atoms with Crippen LogP contribution in [0.15, 0.2) is 48.1 Å². The third kappa shape index (κ3) is 10.0. The molecule has 198 valence electrons. The summed E-state index contributed by atoms with van der Waals surface area (Å²) < 4.78 is 6.25. The van der Waals surface area contributed by atoms with Crippen LogP contribution < -0.4 is 4.74 Å². The van der Waals surface area contributed by atoms with E-state index in [0.29, 0.717) is 5.75 Å². The van der Waals surface area contributed by atoms with Gasteiger partial charge in [-0.1, -0.05) is 51.2 Å². The highest BCUT2D eigenvalue weighted by Crippen LogP contribution is 2.39. The van der Waals surface area contributed by atoms with E-state index in [9.17, 15) is 15.3 Å². The Bertz CT molecular complexity index is 997. The van der Waals surface area contributed by atoms with Crippen molar-refractivity contribution in [2.45, 2.75) is 104 Å². The monoisotopic (exact) mass is 494 g/mol. The highest BCUT2D eigenvalue weighted by molar-refractivity contribution is 5.67. The lowest BCUT2D eigenvalue weighted by Crippen LogP contribution is -2.31. The van der Waals surface area contributed by atoms with Crippen LogP contribution in [0.2, 0.25) is 0 Å². The van der Waals surface area contributed by atoms with Crippen LogP contribution in [0.5, 0.6) is 23.0 Å². The van der Waals surface area contributed by atoms with Crippen molar-refractivity contribution in [2.75, 3.05) is 0 Å². The second-order valence-electron chi connectivity index (χ2n) is 10.4. The Hall–Kier alpha value is -2.88. The molecule has 0 aliphatic carbocycles. The fourth-order valence-electron chi connectivity index (χ4n) is 4.35. The highest BCUT2D eigenvalue weighted by Gasteiger charge is 2.28. The SMILES string of the molecule is CCCCCc1cc(O)c2c(c1)OC(C)(CCC=C(C)C)C=C2.CCCCCc1cc(O)cc(O)c1. The topological polar surface area (TPSA) is 69.9 Å². The smallest absolute Gasteiger partial charge is 0.131 e. The zero-order valence-electron chi connectivity index (χ0n) is 22.9. The maximum atomic E-state index is 10.3. The molecule has 1 heterocycles.